The summed E-state index contributed by atoms with van der Waals surface area (Å²) in [5.74, 6) is 0.953. The number of para-hydroxylation sites is 1. The highest BCUT2D eigenvalue weighted by Gasteiger charge is 2.40. The van der Waals surface area contributed by atoms with E-state index in [0.29, 0.717) is 11.6 Å². The maximum atomic E-state index is 12.2. The second-order valence-electron chi connectivity index (χ2n) is 4.65. The van der Waals surface area contributed by atoms with E-state index in [4.69, 9.17) is 0 Å². The number of hydrogen-bond donors (Lipinski definition) is 0. The van der Waals surface area contributed by atoms with Crippen molar-refractivity contribution in [3.8, 4) is 5.69 Å². The van der Waals surface area contributed by atoms with Crippen LogP contribution in [0.3, 0.4) is 0 Å². The number of ketones is 1. The molecule has 0 N–H and O–H groups in total. The van der Waals surface area contributed by atoms with Crippen molar-refractivity contribution in [2.75, 3.05) is 0 Å². The highest BCUT2D eigenvalue weighted by molar-refractivity contribution is 5.98. The van der Waals surface area contributed by atoms with Gasteiger partial charge in [0.25, 0.3) is 0 Å². The molecule has 1 aromatic carbocycles. The number of rotatable bonds is 3. The Labute approximate surface area is 100 Å². The molecule has 2 atom stereocenters. The van der Waals surface area contributed by atoms with E-state index in [-0.39, 0.29) is 11.7 Å². The molecule has 0 bridgehead atoms. The lowest BCUT2D eigenvalue weighted by Gasteiger charge is -2.05. The van der Waals surface area contributed by atoms with Gasteiger partial charge in [0, 0.05) is 5.92 Å². The van der Waals surface area contributed by atoms with Gasteiger partial charge in [-0.1, -0.05) is 25.1 Å². The van der Waals surface area contributed by atoms with E-state index in [1.54, 1.807) is 16.9 Å². The fourth-order valence-corrected chi connectivity index (χ4v) is 2.14. The minimum absolute atomic E-state index is 0.203. The summed E-state index contributed by atoms with van der Waals surface area (Å²) in [6.07, 6.45) is 2.70. The molecule has 1 heterocycles. The Bertz CT molecular complexity index is 544. The lowest BCUT2D eigenvalue weighted by Crippen LogP contribution is -2.11. The molecule has 86 valence electrons. The van der Waals surface area contributed by atoms with Gasteiger partial charge in [0.1, 0.15) is 5.69 Å². The molecule has 17 heavy (non-hydrogen) atoms. The normalized spacial score (nSPS) is 22.4. The van der Waals surface area contributed by atoms with E-state index in [1.807, 2.05) is 30.3 Å². The zero-order valence-corrected chi connectivity index (χ0v) is 9.71. The van der Waals surface area contributed by atoms with Gasteiger partial charge < -0.3 is 0 Å². The quantitative estimate of drug-likeness (QED) is 0.754. The summed E-state index contributed by atoms with van der Waals surface area (Å²) in [7, 11) is 0. The van der Waals surface area contributed by atoms with Gasteiger partial charge in [-0.15, -0.1) is 0 Å². The SMILES string of the molecule is CC1CC1C(=O)c1ccnn1-c1ccccc1. The summed E-state index contributed by atoms with van der Waals surface area (Å²) < 4.78 is 1.73. The topological polar surface area (TPSA) is 34.9 Å². The van der Waals surface area contributed by atoms with Crippen molar-refractivity contribution in [2.24, 2.45) is 11.8 Å². The Kier molecular flexibility index (Phi) is 2.32. The first kappa shape index (κ1) is 10.3. The Balaban J connectivity index is 1.97. The molecule has 3 heteroatoms. The third-order valence-corrected chi connectivity index (χ3v) is 3.34. The van der Waals surface area contributed by atoms with Crippen LogP contribution in [0, 0.1) is 11.8 Å². The first-order valence-corrected chi connectivity index (χ1v) is 5.91. The molecule has 0 amide bonds. The third kappa shape index (κ3) is 1.78. The molecule has 1 aromatic heterocycles. The summed E-state index contributed by atoms with van der Waals surface area (Å²) in [5.41, 5.74) is 1.64. The highest BCUT2D eigenvalue weighted by atomic mass is 16.1. The van der Waals surface area contributed by atoms with Crippen LogP contribution in [0.4, 0.5) is 0 Å². The van der Waals surface area contributed by atoms with Gasteiger partial charge in [-0.25, -0.2) is 4.68 Å². The van der Waals surface area contributed by atoms with Crippen molar-refractivity contribution in [1.29, 1.82) is 0 Å². The van der Waals surface area contributed by atoms with E-state index in [9.17, 15) is 4.79 Å². The Hall–Kier alpha value is -1.90. The Morgan fingerprint density at radius 2 is 2.00 bits per heavy atom. The van der Waals surface area contributed by atoms with Crippen LogP contribution in [0.2, 0.25) is 0 Å². The molecule has 1 aliphatic carbocycles. The number of carbonyl (C=O) groups excluding carboxylic acids is 1. The van der Waals surface area contributed by atoms with Crippen molar-refractivity contribution in [3.05, 3.63) is 48.3 Å². The number of hydrogen-bond acceptors (Lipinski definition) is 2. The van der Waals surface area contributed by atoms with Crippen molar-refractivity contribution in [2.45, 2.75) is 13.3 Å². The zero-order chi connectivity index (χ0) is 11.8. The molecule has 3 nitrogen and oxygen atoms in total. The average molecular weight is 226 g/mol. The standard InChI is InChI=1S/C14H14N2O/c1-10-9-12(10)14(17)13-7-8-15-16(13)11-5-3-2-4-6-11/h2-8,10,12H,9H2,1H3. The molecule has 0 radical (unpaired) electrons. The molecule has 1 aliphatic rings. The van der Waals surface area contributed by atoms with Crippen LogP contribution in [-0.2, 0) is 0 Å². The van der Waals surface area contributed by atoms with Crippen LogP contribution in [0.15, 0.2) is 42.6 Å². The minimum atomic E-state index is 0.203. The van der Waals surface area contributed by atoms with Crippen molar-refractivity contribution < 1.29 is 4.79 Å². The van der Waals surface area contributed by atoms with Crippen molar-refractivity contribution in [1.82, 2.24) is 9.78 Å². The molecule has 2 unspecified atom stereocenters. The van der Waals surface area contributed by atoms with E-state index in [0.717, 1.165) is 12.1 Å². The van der Waals surface area contributed by atoms with Gasteiger partial charge in [-0.05, 0) is 30.5 Å². The van der Waals surface area contributed by atoms with Crippen LogP contribution in [0.1, 0.15) is 23.8 Å². The van der Waals surface area contributed by atoms with Gasteiger partial charge in [-0.2, -0.15) is 5.10 Å². The Morgan fingerprint density at radius 1 is 1.29 bits per heavy atom. The van der Waals surface area contributed by atoms with Gasteiger partial charge in [0.15, 0.2) is 5.78 Å². The fourth-order valence-electron chi connectivity index (χ4n) is 2.14. The van der Waals surface area contributed by atoms with E-state index >= 15 is 0 Å². The number of Topliss-reactive ketones (excluding diaryl/α,β-unsaturated/α-hetero) is 1. The average Bonchev–Trinajstić information content (AvgIpc) is 2.92. The van der Waals surface area contributed by atoms with Crippen LogP contribution < -0.4 is 0 Å². The monoisotopic (exact) mass is 226 g/mol. The molecule has 0 saturated heterocycles. The lowest BCUT2D eigenvalue weighted by atomic mass is 10.1. The van der Waals surface area contributed by atoms with Crippen LogP contribution in [0.25, 0.3) is 5.69 Å². The van der Waals surface area contributed by atoms with Crippen molar-refractivity contribution in [3.63, 3.8) is 0 Å². The third-order valence-electron chi connectivity index (χ3n) is 3.34. The molecule has 0 aliphatic heterocycles. The minimum Gasteiger partial charge on any atom is -0.292 e. The van der Waals surface area contributed by atoms with E-state index in [1.165, 1.54) is 0 Å². The predicted octanol–water partition coefficient (Wildman–Crippen LogP) is 2.71. The van der Waals surface area contributed by atoms with Gasteiger partial charge in [0.05, 0.1) is 11.9 Å². The van der Waals surface area contributed by atoms with Gasteiger partial charge >= 0.3 is 0 Å². The number of benzene rings is 1. The first-order valence-electron chi connectivity index (χ1n) is 5.91. The summed E-state index contributed by atoms with van der Waals surface area (Å²) >= 11 is 0. The van der Waals surface area contributed by atoms with E-state index in [2.05, 4.69) is 12.0 Å². The van der Waals surface area contributed by atoms with Crippen LogP contribution in [0.5, 0.6) is 0 Å². The number of aromatic nitrogens is 2. The molecule has 0 spiro atoms. The lowest BCUT2D eigenvalue weighted by molar-refractivity contribution is 0.0954. The van der Waals surface area contributed by atoms with E-state index < -0.39 is 0 Å². The predicted molar refractivity (Wildman–Crippen MR) is 65.2 cm³/mol. The molecule has 3 rings (SSSR count). The number of nitrogens with zero attached hydrogens (tertiary/aromatic N) is 2. The molecular weight excluding hydrogens is 212 g/mol. The molecular formula is C14H14N2O. The van der Waals surface area contributed by atoms with Crippen LogP contribution >= 0.6 is 0 Å². The zero-order valence-electron chi connectivity index (χ0n) is 9.71. The summed E-state index contributed by atoms with van der Waals surface area (Å²) in [5, 5.41) is 4.24. The number of carbonyl (C=O) groups is 1. The van der Waals surface area contributed by atoms with Gasteiger partial charge in [0.2, 0.25) is 0 Å². The Morgan fingerprint density at radius 3 is 2.65 bits per heavy atom. The van der Waals surface area contributed by atoms with Crippen LogP contribution in [-0.4, -0.2) is 15.6 Å². The largest absolute Gasteiger partial charge is 0.292 e. The summed E-state index contributed by atoms with van der Waals surface area (Å²) in [4.78, 5) is 12.2. The second kappa shape index (κ2) is 3.84. The molecule has 1 saturated carbocycles. The summed E-state index contributed by atoms with van der Waals surface area (Å²) in [6, 6.07) is 11.6. The fraction of sp³-hybridized carbons (Fsp3) is 0.286. The van der Waals surface area contributed by atoms with Gasteiger partial charge in [-0.3, -0.25) is 4.79 Å². The first-order chi connectivity index (χ1) is 8.27. The summed E-state index contributed by atoms with van der Waals surface area (Å²) in [6.45, 7) is 2.12. The maximum absolute atomic E-state index is 12.2. The smallest absolute Gasteiger partial charge is 0.184 e. The highest BCUT2D eigenvalue weighted by Crippen LogP contribution is 2.40. The maximum Gasteiger partial charge on any atom is 0.184 e. The molecule has 2 aromatic rings. The molecule has 1 fully saturated rings. The second-order valence-corrected chi connectivity index (χ2v) is 4.65. The van der Waals surface area contributed by atoms with Crippen molar-refractivity contribution >= 4 is 5.78 Å².